The molecule has 2 rings (SSSR count). The molecule has 1 fully saturated rings. The van der Waals surface area contributed by atoms with Gasteiger partial charge in [0.05, 0.1) is 5.69 Å². The first-order valence-electron chi connectivity index (χ1n) is 5.41. The highest BCUT2D eigenvalue weighted by molar-refractivity contribution is 5.77. The zero-order valence-electron chi connectivity index (χ0n) is 9.36. The third-order valence-corrected chi connectivity index (χ3v) is 2.80. The van der Waals surface area contributed by atoms with E-state index in [0.717, 1.165) is 17.9 Å². The van der Waals surface area contributed by atoms with Crippen molar-refractivity contribution >= 4 is 17.4 Å². The minimum Gasteiger partial charge on any atom is -0.396 e. The first kappa shape index (κ1) is 10.7. The van der Waals surface area contributed by atoms with Gasteiger partial charge in [0.1, 0.15) is 0 Å². The molecule has 1 amide bonds. The molecular weight excluding hydrogens is 204 g/mol. The average Bonchev–Trinajstić information content (AvgIpc) is 2.47. The Kier molecular flexibility index (Phi) is 2.94. The Hall–Kier alpha value is -1.78. The lowest BCUT2D eigenvalue weighted by atomic mass is 10.2. The van der Waals surface area contributed by atoms with Crippen LogP contribution in [0, 0.1) is 6.92 Å². The zero-order chi connectivity index (χ0) is 11.5. The number of nitrogens with one attached hydrogen (secondary N) is 1. The van der Waals surface area contributed by atoms with E-state index >= 15 is 0 Å². The first-order valence-corrected chi connectivity index (χ1v) is 5.41. The largest absolute Gasteiger partial charge is 0.396 e. The molecule has 2 heterocycles. The van der Waals surface area contributed by atoms with Gasteiger partial charge in [0.2, 0.25) is 5.91 Å². The monoisotopic (exact) mass is 220 g/mol. The number of pyridine rings is 1. The molecule has 5 heteroatoms. The summed E-state index contributed by atoms with van der Waals surface area (Å²) in [7, 11) is 0. The van der Waals surface area contributed by atoms with E-state index in [0.29, 0.717) is 25.2 Å². The molecule has 86 valence electrons. The molecule has 0 aliphatic carbocycles. The van der Waals surface area contributed by atoms with Crippen LogP contribution in [0.1, 0.15) is 12.0 Å². The number of amides is 1. The van der Waals surface area contributed by atoms with E-state index in [1.807, 2.05) is 13.0 Å². The first-order chi connectivity index (χ1) is 7.68. The smallest absolute Gasteiger partial charge is 0.221 e. The van der Waals surface area contributed by atoms with E-state index in [4.69, 9.17) is 5.73 Å². The number of aryl methyl sites for hydroxylation is 1. The number of carbonyl (C=O) groups excluding carboxylic acids is 1. The van der Waals surface area contributed by atoms with E-state index in [-0.39, 0.29) is 5.91 Å². The Morgan fingerprint density at radius 2 is 2.31 bits per heavy atom. The lowest BCUT2D eigenvalue weighted by Crippen LogP contribution is -2.29. The van der Waals surface area contributed by atoms with Crippen molar-refractivity contribution in [2.75, 3.05) is 30.3 Å². The summed E-state index contributed by atoms with van der Waals surface area (Å²) in [6.07, 6.45) is 2.25. The summed E-state index contributed by atoms with van der Waals surface area (Å²) in [5.41, 5.74) is 7.72. The van der Waals surface area contributed by atoms with Crippen molar-refractivity contribution in [2.24, 2.45) is 0 Å². The predicted molar refractivity (Wildman–Crippen MR) is 63.2 cm³/mol. The van der Waals surface area contributed by atoms with Crippen LogP contribution < -0.4 is 16.0 Å². The maximum absolute atomic E-state index is 11.2. The summed E-state index contributed by atoms with van der Waals surface area (Å²) in [4.78, 5) is 17.6. The van der Waals surface area contributed by atoms with Crippen LogP contribution in [0.4, 0.5) is 11.5 Å². The van der Waals surface area contributed by atoms with Gasteiger partial charge < -0.3 is 16.0 Å². The van der Waals surface area contributed by atoms with Crippen LogP contribution in [-0.4, -0.2) is 30.5 Å². The Morgan fingerprint density at radius 1 is 1.50 bits per heavy atom. The van der Waals surface area contributed by atoms with Gasteiger partial charge in [-0.25, -0.2) is 4.98 Å². The van der Waals surface area contributed by atoms with Gasteiger partial charge in [-0.05, 0) is 18.6 Å². The molecular formula is C11H16N4O. The number of nitrogens with zero attached hydrogens (tertiary/aromatic N) is 2. The maximum atomic E-state index is 11.2. The Morgan fingerprint density at radius 3 is 3.12 bits per heavy atom. The van der Waals surface area contributed by atoms with Gasteiger partial charge >= 0.3 is 0 Å². The van der Waals surface area contributed by atoms with Crippen molar-refractivity contribution in [1.82, 2.24) is 10.3 Å². The number of hydrogen-bond donors (Lipinski definition) is 2. The van der Waals surface area contributed by atoms with Crippen molar-refractivity contribution in [3.63, 3.8) is 0 Å². The van der Waals surface area contributed by atoms with E-state index in [2.05, 4.69) is 15.2 Å². The molecule has 1 saturated heterocycles. The molecule has 0 saturated carbocycles. The van der Waals surface area contributed by atoms with Gasteiger partial charge in [-0.3, -0.25) is 4.79 Å². The van der Waals surface area contributed by atoms with Gasteiger partial charge in [0.25, 0.3) is 0 Å². The van der Waals surface area contributed by atoms with E-state index < -0.39 is 0 Å². The SMILES string of the molecule is Cc1ccnc(N2CCNC(=O)CC2)c1N. The molecule has 0 atom stereocenters. The Bertz CT molecular complexity index is 405. The second kappa shape index (κ2) is 4.38. The van der Waals surface area contributed by atoms with Crippen LogP contribution in [-0.2, 0) is 4.79 Å². The van der Waals surface area contributed by atoms with Crippen molar-refractivity contribution < 1.29 is 4.79 Å². The second-order valence-electron chi connectivity index (χ2n) is 3.95. The fourth-order valence-electron chi connectivity index (χ4n) is 1.79. The molecule has 3 N–H and O–H groups in total. The molecule has 0 radical (unpaired) electrons. The molecule has 16 heavy (non-hydrogen) atoms. The standard InChI is InChI=1S/C11H16N4O/c1-8-2-4-14-11(10(8)12)15-6-3-9(16)13-5-7-15/h2,4H,3,5-7,12H2,1H3,(H,13,16). The van der Waals surface area contributed by atoms with Gasteiger partial charge in [-0.15, -0.1) is 0 Å². The van der Waals surface area contributed by atoms with Gasteiger partial charge in [-0.1, -0.05) is 0 Å². The third-order valence-electron chi connectivity index (χ3n) is 2.80. The second-order valence-corrected chi connectivity index (χ2v) is 3.95. The number of nitrogen functional groups attached to an aromatic ring is 1. The molecule has 1 aliphatic heterocycles. The number of anilines is 2. The summed E-state index contributed by atoms with van der Waals surface area (Å²) >= 11 is 0. The van der Waals surface area contributed by atoms with E-state index in [1.165, 1.54) is 0 Å². The molecule has 5 nitrogen and oxygen atoms in total. The number of rotatable bonds is 1. The van der Waals surface area contributed by atoms with Crippen LogP contribution in [0.2, 0.25) is 0 Å². The quantitative estimate of drug-likeness (QED) is 0.714. The van der Waals surface area contributed by atoms with Crippen LogP contribution in [0.15, 0.2) is 12.3 Å². The highest BCUT2D eigenvalue weighted by Gasteiger charge is 2.17. The average molecular weight is 220 g/mol. The molecule has 1 aromatic rings. The highest BCUT2D eigenvalue weighted by Crippen LogP contribution is 2.23. The minimum atomic E-state index is 0.0914. The zero-order valence-corrected chi connectivity index (χ0v) is 9.36. The van der Waals surface area contributed by atoms with Gasteiger partial charge in [0, 0.05) is 32.3 Å². The summed E-state index contributed by atoms with van der Waals surface area (Å²) in [6, 6.07) is 1.89. The van der Waals surface area contributed by atoms with Crippen LogP contribution in [0.25, 0.3) is 0 Å². The van der Waals surface area contributed by atoms with E-state index in [1.54, 1.807) is 6.20 Å². The van der Waals surface area contributed by atoms with Crippen molar-refractivity contribution in [2.45, 2.75) is 13.3 Å². The lowest BCUT2D eigenvalue weighted by molar-refractivity contribution is -0.120. The number of hydrogen-bond acceptors (Lipinski definition) is 4. The van der Waals surface area contributed by atoms with Crippen molar-refractivity contribution in [3.05, 3.63) is 17.8 Å². The van der Waals surface area contributed by atoms with E-state index in [9.17, 15) is 4.79 Å². The molecule has 1 aliphatic rings. The normalized spacial score (nSPS) is 16.8. The van der Waals surface area contributed by atoms with Crippen LogP contribution >= 0.6 is 0 Å². The Balaban J connectivity index is 2.23. The van der Waals surface area contributed by atoms with Crippen molar-refractivity contribution in [1.29, 1.82) is 0 Å². The van der Waals surface area contributed by atoms with Crippen molar-refractivity contribution in [3.8, 4) is 0 Å². The van der Waals surface area contributed by atoms with Gasteiger partial charge in [0.15, 0.2) is 5.82 Å². The number of nitrogens with two attached hydrogens (primary N) is 1. The topological polar surface area (TPSA) is 71.2 Å². The molecule has 1 aromatic heterocycles. The molecule has 0 bridgehead atoms. The number of aromatic nitrogens is 1. The summed E-state index contributed by atoms with van der Waals surface area (Å²) < 4.78 is 0. The fourth-order valence-corrected chi connectivity index (χ4v) is 1.79. The number of carbonyl (C=O) groups is 1. The summed E-state index contributed by atoms with van der Waals surface area (Å²) in [5.74, 6) is 0.880. The molecule has 0 spiro atoms. The molecule has 0 aromatic carbocycles. The Labute approximate surface area is 94.6 Å². The summed E-state index contributed by atoms with van der Waals surface area (Å²) in [6.45, 7) is 4.04. The van der Waals surface area contributed by atoms with Gasteiger partial charge in [-0.2, -0.15) is 0 Å². The third kappa shape index (κ3) is 2.08. The van der Waals surface area contributed by atoms with Crippen LogP contribution in [0.3, 0.4) is 0 Å². The maximum Gasteiger partial charge on any atom is 0.221 e. The highest BCUT2D eigenvalue weighted by atomic mass is 16.1. The summed E-state index contributed by atoms with van der Waals surface area (Å²) in [5, 5.41) is 2.83. The fraction of sp³-hybridized carbons (Fsp3) is 0.455. The minimum absolute atomic E-state index is 0.0914. The van der Waals surface area contributed by atoms with Crippen LogP contribution in [0.5, 0.6) is 0 Å². The lowest BCUT2D eigenvalue weighted by Gasteiger charge is -2.22. The molecule has 0 unspecified atom stereocenters. The predicted octanol–water partition coefficient (Wildman–Crippen LogP) is 0.299.